The molecule has 1 aliphatic rings. The summed E-state index contributed by atoms with van der Waals surface area (Å²) in [6.07, 6.45) is 5.12. The van der Waals surface area contributed by atoms with Crippen molar-refractivity contribution in [1.82, 2.24) is 5.01 Å². The number of rotatable bonds is 4. The van der Waals surface area contributed by atoms with Crippen molar-refractivity contribution in [3.05, 3.63) is 79.4 Å². The van der Waals surface area contributed by atoms with Crippen molar-refractivity contribution in [3.8, 4) is 5.75 Å². The second kappa shape index (κ2) is 9.59. The number of allylic oxidation sites excluding steroid dienone is 2. The summed E-state index contributed by atoms with van der Waals surface area (Å²) >= 11 is 22.2. The number of ether oxygens (including phenoxy) is 1. The molecular weight excluding hydrogens is 501 g/mol. The molecule has 29 heavy (non-hydrogen) atoms. The van der Waals surface area contributed by atoms with E-state index >= 15 is 0 Å². The third-order valence-corrected chi connectivity index (χ3v) is 5.34. The molecule has 1 amide bonds. The Bertz CT molecular complexity index is 1060. The first-order chi connectivity index (χ1) is 13.9. The number of hydrogen-bond donors (Lipinski definition) is 0. The Kier molecular flexibility index (Phi) is 7.14. The lowest BCUT2D eigenvalue weighted by atomic mass is 10.0. The lowest BCUT2D eigenvalue weighted by Gasteiger charge is -2.23. The van der Waals surface area contributed by atoms with Gasteiger partial charge in [0.2, 0.25) is 12.3 Å². The van der Waals surface area contributed by atoms with E-state index in [-0.39, 0.29) is 5.90 Å². The van der Waals surface area contributed by atoms with Gasteiger partial charge in [-0.15, -0.1) is 5.10 Å². The fraction of sp³-hybridized carbons (Fsp3) is 0.0500. The predicted octanol–water partition coefficient (Wildman–Crippen LogP) is 6.59. The molecule has 0 N–H and O–H groups in total. The van der Waals surface area contributed by atoms with Crippen molar-refractivity contribution in [2.75, 3.05) is 0 Å². The van der Waals surface area contributed by atoms with Gasteiger partial charge >= 0.3 is 0 Å². The summed E-state index contributed by atoms with van der Waals surface area (Å²) in [5.74, 6) is 0.680. The van der Waals surface area contributed by atoms with Gasteiger partial charge in [0.05, 0.1) is 10.7 Å². The van der Waals surface area contributed by atoms with Crippen LogP contribution in [0.3, 0.4) is 0 Å². The van der Waals surface area contributed by atoms with E-state index in [9.17, 15) is 4.79 Å². The van der Waals surface area contributed by atoms with Crippen LogP contribution < -0.4 is 4.74 Å². The highest BCUT2D eigenvalue weighted by Crippen LogP contribution is 2.35. The molecule has 9 heteroatoms. The number of hydrogen-bond acceptors (Lipinski definition) is 3. The lowest BCUT2D eigenvalue weighted by Crippen LogP contribution is -2.23. The van der Waals surface area contributed by atoms with Crippen molar-refractivity contribution in [3.63, 3.8) is 0 Å². The van der Waals surface area contributed by atoms with E-state index in [1.54, 1.807) is 48.6 Å². The second-order valence-electron chi connectivity index (χ2n) is 5.77. The van der Waals surface area contributed by atoms with Crippen LogP contribution in [0, 0.1) is 0 Å². The number of halogens is 4. The molecule has 0 aromatic heterocycles. The molecule has 2 aromatic carbocycles. The van der Waals surface area contributed by atoms with Gasteiger partial charge in [-0.05, 0) is 48.9 Å². The van der Waals surface area contributed by atoms with Gasteiger partial charge in [0.1, 0.15) is 12.1 Å². The summed E-state index contributed by atoms with van der Waals surface area (Å²) < 4.78 is 6.60. The predicted molar refractivity (Wildman–Crippen MR) is 122 cm³/mol. The molecule has 0 spiro atoms. The summed E-state index contributed by atoms with van der Waals surface area (Å²) in [6, 6.07) is 10.5. The van der Waals surface area contributed by atoms with Crippen LogP contribution >= 0.6 is 50.7 Å². The zero-order chi connectivity index (χ0) is 21.0. The van der Waals surface area contributed by atoms with Crippen LogP contribution in [0.2, 0.25) is 15.1 Å². The van der Waals surface area contributed by atoms with E-state index in [1.807, 2.05) is 6.92 Å². The van der Waals surface area contributed by atoms with Crippen LogP contribution in [0.4, 0.5) is 0 Å². The van der Waals surface area contributed by atoms with E-state index < -0.39 is 0 Å². The summed E-state index contributed by atoms with van der Waals surface area (Å²) in [4.78, 5) is 14.4. The fourth-order valence-electron chi connectivity index (χ4n) is 2.60. The molecule has 0 unspecified atom stereocenters. The Labute approximate surface area is 191 Å². The topological polar surface area (TPSA) is 54.3 Å². The highest BCUT2D eigenvalue weighted by molar-refractivity contribution is 9.10. The Balaban J connectivity index is 2.02. The number of carbonyl (C=O) groups excluding carboxylic acids is 1. The Hall–Kier alpha value is -2.12. The third-order valence-electron chi connectivity index (χ3n) is 3.90. The molecule has 0 saturated carbocycles. The van der Waals surface area contributed by atoms with Crippen LogP contribution in [-0.2, 0) is 4.79 Å². The lowest BCUT2D eigenvalue weighted by molar-refractivity contribution is -0.106. The van der Waals surface area contributed by atoms with Crippen LogP contribution in [-0.4, -0.2) is 23.7 Å². The van der Waals surface area contributed by atoms with Crippen molar-refractivity contribution in [2.45, 2.75) is 6.92 Å². The largest absolute Gasteiger partial charge is 0.436 e. The molecule has 0 radical (unpaired) electrons. The van der Waals surface area contributed by atoms with Gasteiger partial charge in [-0.1, -0.05) is 56.8 Å². The number of carbonyl (C=O) groups is 1. The van der Waals surface area contributed by atoms with Gasteiger partial charge in [-0.2, -0.15) is 0 Å². The van der Waals surface area contributed by atoms with E-state index in [0.29, 0.717) is 38.5 Å². The average molecular weight is 514 g/mol. The fourth-order valence-corrected chi connectivity index (χ4v) is 3.78. The summed E-state index contributed by atoms with van der Waals surface area (Å²) in [5, 5.41) is 7.21. The number of aliphatic imine (C=N–C) groups is 1. The molecule has 3 rings (SSSR count). The standard InChI is InChI=1S/C20H13BrCl3N3O2/c1-12(20-15(23)3-2-4-16(20)24)17-7-8-19(26-27(17)10-25-11-28)29-18-9-13(21)5-6-14(18)22/h2-11H,1H3/b17-12+,25-10?. The average Bonchev–Trinajstić information content (AvgIpc) is 2.69. The van der Waals surface area contributed by atoms with E-state index in [4.69, 9.17) is 39.5 Å². The van der Waals surface area contributed by atoms with Crippen LogP contribution in [0.25, 0.3) is 5.57 Å². The summed E-state index contributed by atoms with van der Waals surface area (Å²) in [7, 11) is 0. The van der Waals surface area contributed by atoms with Gasteiger partial charge in [0, 0.05) is 26.2 Å². The maximum atomic E-state index is 10.8. The molecule has 0 saturated heterocycles. The smallest absolute Gasteiger partial charge is 0.237 e. The Morgan fingerprint density at radius 1 is 1.14 bits per heavy atom. The van der Waals surface area contributed by atoms with Gasteiger partial charge in [0.15, 0.2) is 0 Å². The summed E-state index contributed by atoms with van der Waals surface area (Å²) in [6.45, 7) is 1.85. The minimum absolute atomic E-state index is 0.254. The van der Waals surface area contributed by atoms with Gasteiger partial charge in [-0.25, -0.2) is 10.0 Å². The van der Waals surface area contributed by atoms with E-state index in [1.165, 1.54) is 11.3 Å². The molecule has 0 atom stereocenters. The first-order valence-corrected chi connectivity index (χ1v) is 10.1. The molecule has 5 nitrogen and oxygen atoms in total. The SMILES string of the molecule is C/C(=C1/C=CC(Oc2cc(Br)ccc2Cl)=NN1C=NC=O)c1c(Cl)cccc1Cl. The Morgan fingerprint density at radius 2 is 1.86 bits per heavy atom. The number of amides is 1. The molecule has 148 valence electrons. The van der Waals surface area contributed by atoms with Gasteiger partial charge < -0.3 is 4.74 Å². The number of nitrogens with zero attached hydrogens (tertiary/aromatic N) is 3. The van der Waals surface area contributed by atoms with Crippen LogP contribution in [0.15, 0.2) is 68.8 Å². The maximum absolute atomic E-state index is 10.8. The quantitative estimate of drug-likeness (QED) is 0.263. The molecular formula is C20H13BrCl3N3O2. The highest BCUT2D eigenvalue weighted by atomic mass is 79.9. The first kappa shape index (κ1) is 21.6. The van der Waals surface area contributed by atoms with Crippen molar-refractivity contribution < 1.29 is 9.53 Å². The molecule has 0 bridgehead atoms. The number of benzene rings is 2. The molecule has 1 heterocycles. The van der Waals surface area contributed by atoms with Gasteiger partial charge in [-0.3, -0.25) is 4.79 Å². The maximum Gasteiger partial charge on any atom is 0.237 e. The van der Waals surface area contributed by atoms with Crippen molar-refractivity contribution in [1.29, 1.82) is 0 Å². The Morgan fingerprint density at radius 3 is 2.55 bits per heavy atom. The zero-order valence-electron chi connectivity index (χ0n) is 14.9. The van der Waals surface area contributed by atoms with Crippen LogP contribution in [0.1, 0.15) is 12.5 Å². The summed E-state index contributed by atoms with van der Waals surface area (Å²) in [5.41, 5.74) is 2.03. The van der Waals surface area contributed by atoms with E-state index in [2.05, 4.69) is 26.0 Å². The number of hydrazone groups is 1. The van der Waals surface area contributed by atoms with E-state index in [0.717, 1.165) is 10.0 Å². The van der Waals surface area contributed by atoms with Crippen LogP contribution in [0.5, 0.6) is 5.75 Å². The molecule has 0 fully saturated rings. The normalized spacial score (nSPS) is 15.5. The van der Waals surface area contributed by atoms with Gasteiger partial charge in [0.25, 0.3) is 0 Å². The first-order valence-electron chi connectivity index (χ1n) is 8.21. The third kappa shape index (κ3) is 5.08. The molecule has 0 aliphatic carbocycles. The van der Waals surface area contributed by atoms with Crippen molar-refractivity contribution in [2.24, 2.45) is 10.1 Å². The monoisotopic (exact) mass is 511 g/mol. The zero-order valence-corrected chi connectivity index (χ0v) is 18.8. The molecule has 2 aromatic rings. The highest BCUT2D eigenvalue weighted by Gasteiger charge is 2.19. The minimum atomic E-state index is 0.254. The van der Waals surface area contributed by atoms with Crippen molar-refractivity contribution >= 4 is 75.0 Å². The molecule has 1 aliphatic heterocycles. The minimum Gasteiger partial charge on any atom is -0.436 e. The second-order valence-corrected chi connectivity index (χ2v) is 7.91.